The van der Waals surface area contributed by atoms with Crippen molar-refractivity contribution < 1.29 is 4.42 Å². The summed E-state index contributed by atoms with van der Waals surface area (Å²) in [4.78, 5) is 2.18. The number of rotatable bonds is 5. The van der Waals surface area contributed by atoms with Crippen LogP contribution in [0.1, 0.15) is 12.2 Å². The molecule has 0 aliphatic heterocycles. The Kier molecular flexibility index (Phi) is 4.45. The highest BCUT2D eigenvalue weighted by Crippen LogP contribution is 2.25. The van der Waals surface area contributed by atoms with E-state index in [1.807, 2.05) is 36.4 Å². The lowest BCUT2D eigenvalue weighted by atomic mass is 10.2. The minimum absolute atomic E-state index is 0.734. The van der Waals surface area contributed by atoms with Gasteiger partial charge in [0.05, 0.1) is 0 Å². The summed E-state index contributed by atoms with van der Waals surface area (Å²) >= 11 is 5.97. The maximum absolute atomic E-state index is 5.97. The third-order valence-corrected chi connectivity index (χ3v) is 3.03. The van der Waals surface area contributed by atoms with Crippen molar-refractivity contribution in [1.29, 1.82) is 0 Å². The van der Waals surface area contributed by atoms with E-state index in [9.17, 15) is 0 Å². The molecule has 0 radical (unpaired) electrons. The minimum Gasteiger partial charge on any atom is -0.461 e. The van der Waals surface area contributed by atoms with Crippen molar-refractivity contribution in [3.63, 3.8) is 0 Å². The quantitative estimate of drug-likeness (QED) is 0.808. The van der Waals surface area contributed by atoms with Gasteiger partial charge in [0.15, 0.2) is 0 Å². The molecule has 0 aliphatic carbocycles. The number of nitrogens with zero attached hydrogens (tertiary/aromatic N) is 1. The molecule has 0 atom stereocenters. The van der Waals surface area contributed by atoms with Crippen LogP contribution in [0.2, 0.25) is 5.02 Å². The Labute approximate surface area is 113 Å². The molecule has 0 bridgehead atoms. The zero-order chi connectivity index (χ0) is 13.0. The monoisotopic (exact) mass is 263 g/mol. The first kappa shape index (κ1) is 13.2. The second-order valence-corrected chi connectivity index (χ2v) is 5.12. The van der Waals surface area contributed by atoms with Crippen LogP contribution in [0.3, 0.4) is 0 Å². The summed E-state index contributed by atoms with van der Waals surface area (Å²) in [5.41, 5.74) is 1.03. The first-order valence-corrected chi connectivity index (χ1v) is 6.52. The molecule has 2 nitrogen and oxygen atoms in total. The number of benzene rings is 1. The second kappa shape index (κ2) is 6.07. The summed E-state index contributed by atoms with van der Waals surface area (Å²) in [6.45, 7) is 1.08. The van der Waals surface area contributed by atoms with E-state index in [0.29, 0.717) is 0 Å². The van der Waals surface area contributed by atoms with Crippen molar-refractivity contribution in [2.24, 2.45) is 0 Å². The Hall–Kier alpha value is -1.25. The van der Waals surface area contributed by atoms with Crippen molar-refractivity contribution >= 4 is 11.6 Å². The Morgan fingerprint density at radius 3 is 2.72 bits per heavy atom. The molecule has 18 heavy (non-hydrogen) atoms. The van der Waals surface area contributed by atoms with E-state index in [1.54, 1.807) is 0 Å². The molecule has 0 aliphatic rings. The normalized spacial score (nSPS) is 11.1. The SMILES string of the molecule is CN(C)CCCc1ccc(-c2cccc(Cl)c2)o1. The Bertz CT molecular complexity index is 505. The molecular formula is C15H18ClNO. The zero-order valence-electron chi connectivity index (χ0n) is 10.8. The summed E-state index contributed by atoms with van der Waals surface area (Å²) in [5.74, 6) is 1.92. The minimum atomic E-state index is 0.734. The fourth-order valence-corrected chi connectivity index (χ4v) is 2.07. The third-order valence-electron chi connectivity index (χ3n) is 2.80. The van der Waals surface area contributed by atoms with Crippen LogP contribution < -0.4 is 0 Å². The van der Waals surface area contributed by atoms with Gasteiger partial charge in [0, 0.05) is 17.0 Å². The average Bonchev–Trinajstić information content (AvgIpc) is 2.77. The molecule has 1 aromatic carbocycles. The lowest BCUT2D eigenvalue weighted by Gasteiger charge is -2.07. The van der Waals surface area contributed by atoms with E-state index in [4.69, 9.17) is 16.0 Å². The van der Waals surface area contributed by atoms with Crippen LogP contribution in [-0.2, 0) is 6.42 Å². The molecule has 3 heteroatoms. The van der Waals surface area contributed by atoms with Crippen LogP contribution >= 0.6 is 11.6 Å². The van der Waals surface area contributed by atoms with Gasteiger partial charge >= 0.3 is 0 Å². The van der Waals surface area contributed by atoms with Crippen LogP contribution in [0.5, 0.6) is 0 Å². The predicted molar refractivity (Wildman–Crippen MR) is 76.0 cm³/mol. The van der Waals surface area contributed by atoms with Gasteiger partial charge in [0.1, 0.15) is 11.5 Å². The maximum atomic E-state index is 5.97. The molecule has 0 saturated carbocycles. The van der Waals surface area contributed by atoms with E-state index >= 15 is 0 Å². The van der Waals surface area contributed by atoms with E-state index in [-0.39, 0.29) is 0 Å². The van der Waals surface area contributed by atoms with Crippen molar-refractivity contribution in [3.8, 4) is 11.3 Å². The number of hydrogen-bond donors (Lipinski definition) is 0. The van der Waals surface area contributed by atoms with Gasteiger partial charge in [-0.3, -0.25) is 0 Å². The van der Waals surface area contributed by atoms with Gasteiger partial charge in [-0.2, -0.15) is 0 Å². The van der Waals surface area contributed by atoms with Gasteiger partial charge in [-0.05, 0) is 51.3 Å². The molecule has 0 amide bonds. The molecular weight excluding hydrogens is 246 g/mol. The summed E-state index contributed by atoms with van der Waals surface area (Å²) in [6.07, 6.45) is 2.08. The Balaban J connectivity index is 2.02. The maximum Gasteiger partial charge on any atom is 0.134 e. The number of halogens is 1. The van der Waals surface area contributed by atoms with E-state index in [2.05, 4.69) is 19.0 Å². The van der Waals surface area contributed by atoms with Crippen LogP contribution in [0, 0.1) is 0 Å². The van der Waals surface area contributed by atoms with Crippen molar-refractivity contribution in [2.45, 2.75) is 12.8 Å². The summed E-state index contributed by atoms with van der Waals surface area (Å²) in [5, 5.41) is 0.734. The molecule has 1 aromatic heterocycles. The predicted octanol–water partition coefficient (Wildman–Crippen LogP) is 4.09. The molecule has 96 valence electrons. The van der Waals surface area contributed by atoms with Gasteiger partial charge in [0.25, 0.3) is 0 Å². The zero-order valence-corrected chi connectivity index (χ0v) is 11.6. The molecule has 0 fully saturated rings. The largest absolute Gasteiger partial charge is 0.461 e. The lowest BCUT2D eigenvalue weighted by Crippen LogP contribution is -2.13. The van der Waals surface area contributed by atoms with Crippen LogP contribution in [0.4, 0.5) is 0 Å². The molecule has 2 aromatic rings. The lowest BCUT2D eigenvalue weighted by molar-refractivity contribution is 0.390. The van der Waals surface area contributed by atoms with Crippen molar-refractivity contribution in [3.05, 3.63) is 47.2 Å². The highest BCUT2D eigenvalue weighted by Gasteiger charge is 2.05. The Morgan fingerprint density at radius 1 is 1.17 bits per heavy atom. The molecule has 1 heterocycles. The van der Waals surface area contributed by atoms with Crippen LogP contribution in [0.25, 0.3) is 11.3 Å². The van der Waals surface area contributed by atoms with Crippen LogP contribution in [-0.4, -0.2) is 25.5 Å². The van der Waals surface area contributed by atoms with E-state index in [1.165, 1.54) is 0 Å². The van der Waals surface area contributed by atoms with Crippen molar-refractivity contribution in [2.75, 3.05) is 20.6 Å². The fraction of sp³-hybridized carbons (Fsp3) is 0.333. The number of furan rings is 1. The van der Waals surface area contributed by atoms with E-state index in [0.717, 1.165) is 41.5 Å². The van der Waals surface area contributed by atoms with Crippen LogP contribution in [0.15, 0.2) is 40.8 Å². The number of aryl methyl sites for hydroxylation is 1. The van der Waals surface area contributed by atoms with Gasteiger partial charge in [-0.15, -0.1) is 0 Å². The summed E-state index contributed by atoms with van der Waals surface area (Å²) in [7, 11) is 4.17. The Morgan fingerprint density at radius 2 is 2.00 bits per heavy atom. The van der Waals surface area contributed by atoms with Gasteiger partial charge in [0.2, 0.25) is 0 Å². The molecule has 0 N–H and O–H groups in total. The highest BCUT2D eigenvalue weighted by molar-refractivity contribution is 6.30. The second-order valence-electron chi connectivity index (χ2n) is 4.68. The molecule has 0 spiro atoms. The molecule has 0 unspecified atom stereocenters. The highest BCUT2D eigenvalue weighted by atomic mass is 35.5. The summed E-state index contributed by atoms with van der Waals surface area (Å²) < 4.78 is 5.83. The van der Waals surface area contributed by atoms with Crippen molar-refractivity contribution in [1.82, 2.24) is 4.90 Å². The van der Waals surface area contributed by atoms with Gasteiger partial charge < -0.3 is 9.32 Å². The fourth-order valence-electron chi connectivity index (χ4n) is 1.88. The molecule has 0 saturated heterocycles. The van der Waals surface area contributed by atoms with E-state index < -0.39 is 0 Å². The molecule has 2 rings (SSSR count). The first-order valence-electron chi connectivity index (χ1n) is 6.14. The third kappa shape index (κ3) is 3.62. The average molecular weight is 264 g/mol. The summed E-state index contributed by atoms with van der Waals surface area (Å²) in [6, 6.07) is 11.8. The smallest absolute Gasteiger partial charge is 0.134 e. The van der Waals surface area contributed by atoms with Gasteiger partial charge in [-0.1, -0.05) is 23.7 Å². The standard InChI is InChI=1S/C15H18ClNO/c1-17(2)10-4-7-14-8-9-15(18-14)12-5-3-6-13(16)11-12/h3,5-6,8-9,11H,4,7,10H2,1-2H3. The van der Waals surface area contributed by atoms with Gasteiger partial charge in [-0.25, -0.2) is 0 Å². The first-order chi connectivity index (χ1) is 8.65. The topological polar surface area (TPSA) is 16.4 Å². The number of hydrogen-bond acceptors (Lipinski definition) is 2.